The monoisotopic (exact) mass is 306 g/mol. The third kappa shape index (κ3) is 5.06. The molecule has 0 radical (unpaired) electrons. The zero-order valence-corrected chi connectivity index (χ0v) is 14.1. The molecule has 1 aromatic carbocycles. The maximum absolute atomic E-state index is 9.75. The Morgan fingerprint density at radius 2 is 2.09 bits per heavy atom. The first-order chi connectivity index (χ1) is 10.5. The average molecular weight is 306 g/mol. The second-order valence-corrected chi connectivity index (χ2v) is 6.74. The molecule has 2 unspecified atom stereocenters. The van der Waals surface area contributed by atoms with Crippen molar-refractivity contribution in [2.24, 2.45) is 0 Å². The van der Waals surface area contributed by atoms with Crippen LogP contribution >= 0.6 is 0 Å². The summed E-state index contributed by atoms with van der Waals surface area (Å²) in [5.74, 6) is 0. The van der Waals surface area contributed by atoms with Crippen LogP contribution < -0.4 is 5.32 Å². The van der Waals surface area contributed by atoms with Crippen LogP contribution in [0.15, 0.2) is 30.3 Å². The first-order valence-electron chi connectivity index (χ1n) is 8.32. The number of morpholine rings is 1. The molecule has 1 fully saturated rings. The number of rotatable bonds is 7. The molecule has 4 heteroatoms. The summed E-state index contributed by atoms with van der Waals surface area (Å²) in [6.45, 7) is 10.5. The molecule has 1 aliphatic heterocycles. The summed E-state index contributed by atoms with van der Waals surface area (Å²) in [6.07, 6.45) is 0.617. The number of benzene rings is 1. The van der Waals surface area contributed by atoms with E-state index in [-0.39, 0.29) is 17.7 Å². The van der Waals surface area contributed by atoms with Gasteiger partial charge in [0.25, 0.3) is 0 Å². The van der Waals surface area contributed by atoms with Crippen molar-refractivity contribution in [3.63, 3.8) is 0 Å². The molecule has 0 spiro atoms. The van der Waals surface area contributed by atoms with Crippen molar-refractivity contribution in [1.82, 2.24) is 10.2 Å². The quantitative estimate of drug-likeness (QED) is 0.809. The Labute approximate surface area is 134 Å². The standard InChI is InChI=1S/C18H30N2O2/c1-4-16(21)12-19-18(2,3)17-14-20(10-11-22-17)13-15-8-6-5-7-9-15/h5-9,16-17,19,21H,4,10-14H2,1-3H3. The van der Waals surface area contributed by atoms with Crippen LogP contribution in [0, 0.1) is 0 Å². The highest BCUT2D eigenvalue weighted by atomic mass is 16.5. The Balaban J connectivity index is 1.89. The third-order valence-electron chi connectivity index (χ3n) is 4.47. The van der Waals surface area contributed by atoms with E-state index in [2.05, 4.69) is 54.4 Å². The van der Waals surface area contributed by atoms with E-state index in [0.717, 1.165) is 32.7 Å². The topological polar surface area (TPSA) is 44.7 Å². The lowest BCUT2D eigenvalue weighted by atomic mass is 9.95. The average Bonchev–Trinajstić information content (AvgIpc) is 2.54. The van der Waals surface area contributed by atoms with E-state index < -0.39 is 0 Å². The Bertz CT molecular complexity index is 436. The Morgan fingerprint density at radius 1 is 1.36 bits per heavy atom. The van der Waals surface area contributed by atoms with Crippen molar-refractivity contribution in [3.8, 4) is 0 Å². The number of aliphatic hydroxyl groups excluding tert-OH is 1. The third-order valence-corrected chi connectivity index (χ3v) is 4.47. The second kappa shape index (κ2) is 8.06. The number of hydrogen-bond acceptors (Lipinski definition) is 4. The lowest BCUT2D eigenvalue weighted by Crippen LogP contribution is -2.59. The Hall–Kier alpha value is -0.940. The van der Waals surface area contributed by atoms with Gasteiger partial charge in [-0.05, 0) is 25.8 Å². The van der Waals surface area contributed by atoms with Crippen molar-refractivity contribution < 1.29 is 9.84 Å². The lowest BCUT2D eigenvalue weighted by Gasteiger charge is -2.42. The molecule has 0 amide bonds. The largest absolute Gasteiger partial charge is 0.392 e. The van der Waals surface area contributed by atoms with Gasteiger partial charge in [0.2, 0.25) is 0 Å². The fraction of sp³-hybridized carbons (Fsp3) is 0.667. The summed E-state index contributed by atoms with van der Waals surface area (Å²) in [4.78, 5) is 2.45. The fourth-order valence-corrected chi connectivity index (χ4v) is 2.76. The van der Waals surface area contributed by atoms with Gasteiger partial charge in [0.15, 0.2) is 0 Å². The minimum Gasteiger partial charge on any atom is -0.392 e. The van der Waals surface area contributed by atoms with Crippen molar-refractivity contribution in [2.75, 3.05) is 26.2 Å². The molecule has 1 saturated heterocycles. The molecule has 1 heterocycles. The molecule has 2 N–H and O–H groups in total. The van der Waals surface area contributed by atoms with Gasteiger partial charge in [-0.1, -0.05) is 37.3 Å². The maximum Gasteiger partial charge on any atom is 0.0878 e. The van der Waals surface area contributed by atoms with Crippen LogP contribution in [0.2, 0.25) is 0 Å². The van der Waals surface area contributed by atoms with Gasteiger partial charge < -0.3 is 15.2 Å². The molecule has 0 bridgehead atoms. The minimum atomic E-state index is -0.289. The smallest absolute Gasteiger partial charge is 0.0878 e. The predicted octanol–water partition coefficient (Wildman–Crippen LogP) is 2.03. The maximum atomic E-state index is 9.75. The molecule has 0 aromatic heterocycles. The molecule has 2 rings (SSSR count). The first kappa shape index (κ1) is 17.4. The van der Waals surface area contributed by atoms with Gasteiger partial charge in [-0.15, -0.1) is 0 Å². The number of β-amino-alcohol motifs (C(OH)–C–C–N with tert-alkyl or cyclic N) is 1. The van der Waals surface area contributed by atoms with E-state index in [0.29, 0.717) is 6.54 Å². The number of ether oxygens (including phenoxy) is 1. The molecule has 0 aliphatic carbocycles. The van der Waals surface area contributed by atoms with Gasteiger partial charge in [0, 0.05) is 31.7 Å². The normalized spacial score (nSPS) is 21.7. The second-order valence-electron chi connectivity index (χ2n) is 6.74. The van der Waals surface area contributed by atoms with E-state index in [4.69, 9.17) is 4.74 Å². The lowest BCUT2D eigenvalue weighted by molar-refractivity contribution is -0.0716. The molecule has 124 valence electrons. The summed E-state index contributed by atoms with van der Waals surface area (Å²) < 4.78 is 5.99. The molecule has 4 nitrogen and oxygen atoms in total. The molecular formula is C18H30N2O2. The van der Waals surface area contributed by atoms with Crippen molar-refractivity contribution >= 4 is 0 Å². The van der Waals surface area contributed by atoms with Gasteiger partial charge in [0.05, 0.1) is 18.8 Å². The summed E-state index contributed by atoms with van der Waals surface area (Å²) >= 11 is 0. The van der Waals surface area contributed by atoms with Gasteiger partial charge in [-0.25, -0.2) is 0 Å². The molecule has 1 aromatic rings. The van der Waals surface area contributed by atoms with Crippen LogP contribution in [0.4, 0.5) is 0 Å². The van der Waals surface area contributed by atoms with E-state index in [1.54, 1.807) is 0 Å². The van der Waals surface area contributed by atoms with Crippen molar-refractivity contribution in [3.05, 3.63) is 35.9 Å². The summed E-state index contributed by atoms with van der Waals surface area (Å²) in [7, 11) is 0. The van der Waals surface area contributed by atoms with Crippen LogP contribution in [0.3, 0.4) is 0 Å². The zero-order valence-electron chi connectivity index (χ0n) is 14.1. The van der Waals surface area contributed by atoms with E-state index in [1.807, 2.05) is 6.92 Å². The van der Waals surface area contributed by atoms with E-state index in [9.17, 15) is 5.11 Å². The molecular weight excluding hydrogens is 276 g/mol. The van der Waals surface area contributed by atoms with Gasteiger partial charge >= 0.3 is 0 Å². The van der Waals surface area contributed by atoms with Crippen LogP contribution in [-0.2, 0) is 11.3 Å². The number of hydrogen-bond donors (Lipinski definition) is 2. The molecule has 1 aliphatic rings. The highest BCUT2D eigenvalue weighted by Crippen LogP contribution is 2.19. The highest BCUT2D eigenvalue weighted by Gasteiger charge is 2.34. The van der Waals surface area contributed by atoms with Crippen molar-refractivity contribution in [2.45, 2.75) is 51.5 Å². The first-order valence-corrected chi connectivity index (χ1v) is 8.32. The van der Waals surface area contributed by atoms with E-state index >= 15 is 0 Å². The van der Waals surface area contributed by atoms with E-state index in [1.165, 1.54) is 5.56 Å². The summed E-state index contributed by atoms with van der Waals surface area (Å²) in [6, 6.07) is 10.6. The minimum absolute atomic E-state index is 0.133. The number of nitrogens with zero attached hydrogens (tertiary/aromatic N) is 1. The zero-order chi connectivity index (χ0) is 16.0. The summed E-state index contributed by atoms with van der Waals surface area (Å²) in [5, 5.41) is 13.2. The van der Waals surface area contributed by atoms with Gasteiger partial charge in [0.1, 0.15) is 0 Å². The molecule has 0 saturated carbocycles. The predicted molar refractivity (Wildman–Crippen MR) is 89.8 cm³/mol. The molecule has 2 atom stereocenters. The van der Waals surface area contributed by atoms with Crippen LogP contribution in [-0.4, -0.2) is 54.0 Å². The number of aliphatic hydroxyl groups is 1. The highest BCUT2D eigenvalue weighted by molar-refractivity contribution is 5.14. The summed E-state index contributed by atoms with van der Waals surface area (Å²) in [5.41, 5.74) is 1.20. The van der Waals surface area contributed by atoms with Crippen LogP contribution in [0.5, 0.6) is 0 Å². The van der Waals surface area contributed by atoms with Crippen LogP contribution in [0.1, 0.15) is 32.8 Å². The van der Waals surface area contributed by atoms with Crippen molar-refractivity contribution in [1.29, 1.82) is 0 Å². The van der Waals surface area contributed by atoms with Gasteiger partial charge in [-0.2, -0.15) is 0 Å². The SMILES string of the molecule is CCC(O)CNC(C)(C)C1CN(Cc2ccccc2)CCO1. The number of nitrogens with one attached hydrogen (secondary N) is 1. The van der Waals surface area contributed by atoms with Gasteiger partial charge in [-0.3, -0.25) is 4.90 Å². The Morgan fingerprint density at radius 3 is 2.77 bits per heavy atom. The molecule has 22 heavy (non-hydrogen) atoms. The van der Waals surface area contributed by atoms with Crippen LogP contribution in [0.25, 0.3) is 0 Å². The Kier molecular flexibility index (Phi) is 6.38. The fourth-order valence-electron chi connectivity index (χ4n) is 2.76.